The van der Waals surface area contributed by atoms with Crippen molar-refractivity contribution in [3.05, 3.63) is 82.5 Å². The molecule has 0 unspecified atom stereocenters. The number of furan rings is 1. The number of thioether (sulfide) groups is 1. The first-order chi connectivity index (χ1) is 14.9. The van der Waals surface area contributed by atoms with Gasteiger partial charge in [0, 0.05) is 11.6 Å². The highest BCUT2D eigenvalue weighted by atomic mass is 32.2. The van der Waals surface area contributed by atoms with Crippen molar-refractivity contribution in [1.82, 2.24) is 4.90 Å². The number of benzene rings is 2. The molecular weight excluding hydrogens is 434 g/mol. The molecule has 1 aliphatic rings. The second-order valence-corrected chi connectivity index (χ2v) is 8.38. The minimum absolute atomic E-state index is 0.176. The third kappa shape index (κ3) is 4.55. The number of methoxy groups -OCH3 is 1. The molecule has 1 aliphatic heterocycles. The van der Waals surface area contributed by atoms with Gasteiger partial charge in [-0.3, -0.25) is 9.69 Å². The van der Waals surface area contributed by atoms with E-state index in [1.807, 2.05) is 24.3 Å². The first kappa shape index (κ1) is 20.9. The summed E-state index contributed by atoms with van der Waals surface area (Å²) in [7, 11) is 1.60. The number of ether oxygens (including phenoxy) is 1. The van der Waals surface area contributed by atoms with Crippen LogP contribution in [0.1, 0.15) is 21.7 Å². The minimum atomic E-state index is -1.01. The van der Waals surface area contributed by atoms with Gasteiger partial charge in [0.05, 0.1) is 24.1 Å². The van der Waals surface area contributed by atoms with Crippen molar-refractivity contribution >= 4 is 46.3 Å². The molecule has 0 atom stereocenters. The number of carboxylic acid groups (broad SMARTS) is 1. The second kappa shape index (κ2) is 8.79. The number of hydrogen-bond acceptors (Lipinski definition) is 6. The van der Waals surface area contributed by atoms with E-state index >= 15 is 0 Å². The van der Waals surface area contributed by atoms with E-state index in [0.717, 1.165) is 11.3 Å². The van der Waals surface area contributed by atoms with E-state index in [1.165, 1.54) is 17.8 Å². The molecular formula is C23H17NO5S2. The van der Waals surface area contributed by atoms with E-state index in [2.05, 4.69) is 0 Å². The largest absolute Gasteiger partial charge is 0.497 e. The van der Waals surface area contributed by atoms with Gasteiger partial charge in [0.1, 0.15) is 21.6 Å². The molecule has 31 heavy (non-hydrogen) atoms. The van der Waals surface area contributed by atoms with E-state index in [-0.39, 0.29) is 11.5 Å². The van der Waals surface area contributed by atoms with Crippen LogP contribution in [-0.2, 0) is 11.3 Å². The lowest BCUT2D eigenvalue weighted by molar-refractivity contribution is -0.122. The molecule has 0 bridgehead atoms. The molecule has 1 saturated heterocycles. The zero-order valence-corrected chi connectivity index (χ0v) is 18.0. The van der Waals surface area contributed by atoms with Crippen LogP contribution in [0.2, 0.25) is 0 Å². The maximum absolute atomic E-state index is 12.9. The standard InChI is InChI=1S/C23H17NO5S2/c1-28-17-7-5-14(6-8-17)13-24-21(25)20(31-23(24)30)12-18-9-10-19(29-18)15-3-2-4-16(11-15)22(26)27/h2-12H,13H2,1H3,(H,26,27). The van der Waals surface area contributed by atoms with E-state index in [1.54, 1.807) is 48.4 Å². The van der Waals surface area contributed by atoms with Crippen molar-refractivity contribution in [2.45, 2.75) is 6.54 Å². The predicted molar refractivity (Wildman–Crippen MR) is 123 cm³/mol. The highest BCUT2D eigenvalue weighted by Gasteiger charge is 2.32. The fourth-order valence-electron chi connectivity index (χ4n) is 3.07. The molecule has 6 nitrogen and oxygen atoms in total. The number of rotatable bonds is 6. The average molecular weight is 452 g/mol. The van der Waals surface area contributed by atoms with Crippen molar-refractivity contribution in [2.24, 2.45) is 0 Å². The first-order valence-corrected chi connectivity index (χ1v) is 10.5. The maximum atomic E-state index is 12.9. The van der Waals surface area contributed by atoms with E-state index in [9.17, 15) is 9.59 Å². The van der Waals surface area contributed by atoms with Gasteiger partial charge in [-0.25, -0.2) is 4.79 Å². The van der Waals surface area contributed by atoms with Crippen molar-refractivity contribution < 1.29 is 23.8 Å². The SMILES string of the molecule is COc1ccc(CN2C(=O)C(=Cc3ccc(-c4cccc(C(=O)O)c4)o3)SC2=S)cc1. The quantitative estimate of drug-likeness (QED) is 0.415. The number of thiocarbonyl (C=S) groups is 1. The summed E-state index contributed by atoms with van der Waals surface area (Å²) in [5, 5.41) is 9.16. The summed E-state index contributed by atoms with van der Waals surface area (Å²) in [5.74, 6) is 0.561. The smallest absolute Gasteiger partial charge is 0.335 e. The van der Waals surface area contributed by atoms with Gasteiger partial charge in [-0.05, 0) is 42.0 Å². The molecule has 156 valence electrons. The van der Waals surface area contributed by atoms with Gasteiger partial charge >= 0.3 is 5.97 Å². The van der Waals surface area contributed by atoms with Gasteiger partial charge in [-0.15, -0.1) is 0 Å². The summed E-state index contributed by atoms with van der Waals surface area (Å²) in [6, 6.07) is 17.4. The lowest BCUT2D eigenvalue weighted by atomic mass is 10.1. The Kier molecular flexibility index (Phi) is 5.92. The van der Waals surface area contributed by atoms with Crippen molar-refractivity contribution in [3.8, 4) is 17.1 Å². The molecule has 1 N–H and O–H groups in total. The van der Waals surface area contributed by atoms with Crippen LogP contribution in [0, 0.1) is 0 Å². The van der Waals surface area contributed by atoms with Gasteiger partial charge in [0.25, 0.3) is 5.91 Å². The first-order valence-electron chi connectivity index (χ1n) is 9.26. The summed E-state index contributed by atoms with van der Waals surface area (Å²) in [6.45, 7) is 0.372. The van der Waals surface area contributed by atoms with Crippen LogP contribution in [0.25, 0.3) is 17.4 Å². The van der Waals surface area contributed by atoms with Crippen LogP contribution in [0.4, 0.5) is 0 Å². The zero-order valence-electron chi connectivity index (χ0n) is 16.4. The number of carbonyl (C=O) groups excluding carboxylic acids is 1. The third-order valence-corrected chi connectivity index (χ3v) is 6.05. The van der Waals surface area contributed by atoms with Gasteiger partial charge < -0.3 is 14.3 Å². The van der Waals surface area contributed by atoms with Gasteiger partial charge in [0.2, 0.25) is 0 Å². The fourth-order valence-corrected chi connectivity index (χ4v) is 4.31. The van der Waals surface area contributed by atoms with Gasteiger partial charge in [0.15, 0.2) is 0 Å². The molecule has 2 heterocycles. The number of nitrogens with zero attached hydrogens (tertiary/aromatic N) is 1. The average Bonchev–Trinajstić information content (AvgIpc) is 3.35. The highest BCUT2D eigenvalue weighted by Crippen LogP contribution is 2.34. The number of carbonyl (C=O) groups is 2. The molecule has 0 saturated carbocycles. The Hall–Kier alpha value is -3.36. The van der Waals surface area contributed by atoms with Crippen molar-refractivity contribution in [2.75, 3.05) is 7.11 Å². The van der Waals surface area contributed by atoms with Crippen LogP contribution in [-0.4, -0.2) is 33.3 Å². The normalized spacial score (nSPS) is 15.0. The van der Waals surface area contributed by atoms with Gasteiger partial charge in [-0.1, -0.05) is 48.2 Å². The number of carboxylic acids is 1. The second-order valence-electron chi connectivity index (χ2n) is 6.70. The Morgan fingerprint density at radius 1 is 1.19 bits per heavy atom. The molecule has 8 heteroatoms. The lowest BCUT2D eigenvalue weighted by Crippen LogP contribution is -2.27. The predicted octanol–water partition coefficient (Wildman–Crippen LogP) is 5.05. The summed E-state index contributed by atoms with van der Waals surface area (Å²) in [6.07, 6.45) is 1.65. The Morgan fingerprint density at radius 2 is 1.97 bits per heavy atom. The fraction of sp³-hybridized carbons (Fsp3) is 0.0870. The number of aromatic carboxylic acids is 1. The molecule has 1 aromatic heterocycles. The monoisotopic (exact) mass is 451 g/mol. The Balaban J connectivity index is 1.52. The van der Waals surface area contributed by atoms with E-state index < -0.39 is 5.97 Å². The molecule has 2 aromatic carbocycles. The summed E-state index contributed by atoms with van der Waals surface area (Å²) in [5.41, 5.74) is 1.76. The Bertz CT molecular complexity index is 1200. The van der Waals surface area contributed by atoms with Crippen LogP contribution in [0.3, 0.4) is 0 Å². The maximum Gasteiger partial charge on any atom is 0.335 e. The number of hydrogen-bond donors (Lipinski definition) is 1. The highest BCUT2D eigenvalue weighted by molar-refractivity contribution is 8.26. The lowest BCUT2D eigenvalue weighted by Gasteiger charge is -2.14. The molecule has 0 spiro atoms. The topological polar surface area (TPSA) is 80.0 Å². The Morgan fingerprint density at radius 3 is 2.68 bits per heavy atom. The van der Waals surface area contributed by atoms with E-state index in [4.69, 9.17) is 26.5 Å². The molecule has 4 rings (SSSR count). The summed E-state index contributed by atoms with van der Waals surface area (Å²) in [4.78, 5) is 26.1. The van der Waals surface area contributed by atoms with Gasteiger partial charge in [-0.2, -0.15) is 0 Å². The summed E-state index contributed by atoms with van der Waals surface area (Å²) < 4.78 is 11.5. The third-order valence-electron chi connectivity index (χ3n) is 4.67. The van der Waals surface area contributed by atoms with E-state index in [0.29, 0.717) is 32.9 Å². The van der Waals surface area contributed by atoms with Crippen molar-refractivity contribution in [1.29, 1.82) is 0 Å². The zero-order chi connectivity index (χ0) is 22.0. The van der Waals surface area contributed by atoms with Crippen molar-refractivity contribution in [3.63, 3.8) is 0 Å². The molecule has 1 fully saturated rings. The molecule has 3 aromatic rings. The van der Waals surface area contributed by atoms with Crippen LogP contribution in [0.5, 0.6) is 5.75 Å². The molecule has 0 radical (unpaired) electrons. The number of amides is 1. The summed E-state index contributed by atoms with van der Waals surface area (Å²) >= 11 is 6.62. The van der Waals surface area contributed by atoms with Crippen LogP contribution >= 0.6 is 24.0 Å². The molecule has 1 amide bonds. The Labute approximate surface area is 188 Å². The van der Waals surface area contributed by atoms with Crippen LogP contribution in [0.15, 0.2) is 70.0 Å². The van der Waals surface area contributed by atoms with Crippen LogP contribution < -0.4 is 4.74 Å². The molecule has 0 aliphatic carbocycles. The minimum Gasteiger partial charge on any atom is -0.497 e.